The van der Waals surface area contributed by atoms with Crippen molar-refractivity contribution in [1.82, 2.24) is 24.5 Å². The molecule has 3 aliphatic rings. The fourth-order valence-electron chi connectivity index (χ4n) is 8.23. The molecule has 240 valence electrons. The SMILES string of the molecule is C1=CC2c3ccccc3OC2c2c1n(-c1ccc3c(c1)-c1c(cccc1-c1nc(-c4ccccc4)nc(-c4ccccc4)n1)C3)c1ncccc21. The van der Waals surface area contributed by atoms with Gasteiger partial charge in [0.25, 0.3) is 0 Å². The van der Waals surface area contributed by atoms with E-state index in [1.54, 1.807) is 0 Å². The van der Waals surface area contributed by atoms with E-state index in [0.29, 0.717) is 17.5 Å². The van der Waals surface area contributed by atoms with Gasteiger partial charge in [-0.05, 0) is 65.1 Å². The summed E-state index contributed by atoms with van der Waals surface area (Å²) in [6, 6.07) is 46.2. The summed E-state index contributed by atoms with van der Waals surface area (Å²) in [5, 5.41) is 1.12. The fourth-order valence-corrected chi connectivity index (χ4v) is 8.23. The van der Waals surface area contributed by atoms with E-state index in [0.717, 1.165) is 51.3 Å². The predicted octanol–water partition coefficient (Wildman–Crippen LogP) is 10.0. The quantitative estimate of drug-likeness (QED) is 0.189. The molecule has 0 radical (unpaired) electrons. The molecule has 11 rings (SSSR count). The molecule has 6 heteroatoms. The van der Waals surface area contributed by atoms with Gasteiger partial charge in [0, 0.05) is 51.0 Å². The highest BCUT2D eigenvalue weighted by Gasteiger charge is 2.40. The van der Waals surface area contributed by atoms with Crippen molar-refractivity contribution in [2.45, 2.75) is 18.4 Å². The number of pyridine rings is 1. The van der Waals surface area contributed by atoms with Crippen molar-refractivity contribution in [2.75, 3.05) is 0 Å². The maximum Gasteiger partial charge on any atom is 0.164 e. The fraction of sp³-hybridized carbons (Fsp3) is 0.0667. The number of fused-ring (bicyclic) bond motifs is 10. The predicted molar refractivity (Wildman–Crippen MR) is 201 cm³/mol. The smallest absolute Gasteiger partial charge is 0.164 e. The number of hydrogen-bond acceptors (Lipinski definition) is 5. The second kappa shape index (κ2) is 10.9. The standard InChI is InChI=1S/C45H29N5O/c1-3-11-27(12-4-1)42-47-43(28-13-5-2-6-14-28)49-44(48-42)34-17-9-15-30-25-29-20-21-31(26-36(29)39(30)34)50-37-23-22-33-32-16-7-8-19-38(32)51-41(33)40(37)35-18-10-24-46-45(35)50/h1-24,26,33,41H,25H2. The number of ether oxygens (including phenoxy) is 1. The van der Waals surface area contributed by atoms with Gasteiger partial charge in [-0.15, -0.1) is 0 Å². The molecule has 1 aliphatic heterocycles. The molecule has 5 aromatic carbocycles. The largest absolute Gasteiger partial charge is 0.484 e. The van der Waals surface area contributed by atoms with Crippen LogP contribution < -0.4 is 4.74 Å². The van der Waals surface area contributed by atoms with E-state index in [1.807, 2.05) is 79.0 Å². The summed E-state index contributed by atoms with van der Waals surface area (Å²) in [7, 11) is 0. The molecule has 8 aromatic rings. The summed E-state index contributed by atoms with van der Waals surface area (Å²) in [4.78, 5) is 20.1. The lowest BCUT2D eigenvalue weighted by Crippen LogP contribution is -2.13. The van der Waals surface area contributed by atoms with Crippen LogP contribution in [0.1, 0.15) is 40.0 Å². The Morgan fingerprint density at radius 3 is 2.18 bits per heavy atom. The molecule has 3 aromatic heterocycles. The Bertz CT molecular complexity index is 2660. The van der Waals surface area contributed by atoms with Crippen LogP contribution in [0.3, 0.4) is 0 Å². The Hall–Kier alpha value is -6.66. The molecule has 0 N–H and O–H groups in total. The maximum atomic E-state index is 6.65. The molecule has 51 heavy (non-hydrogen) atoms. The average molecular weight is 656 g/mol. The van der Waals surface area contributed by atoms with Crippen molar-refractivity contribution in [3.63, 3.8) is 0 Å². The normalized spacial score (nSPS) is 16.2. The first-order valence-electron chi connectivity index (χ1n) is 17.3. The summed E-state index contributed by atoms with van der Waals surface area (Å²) in [5.41, 5.74) is 13.3. The number of para-hydroxylation sites is 1. The minimum atomic E-state index is -0.0986. The Morgan fingerprint density at radius 1 is 0.627 bits per heavy atom. The molecule has 0 amide bonds. The van der Waals surface area contributed by atoms with Crippen LogP contribution in [0.2, 0.25) is 0 Å². The van der Waals surface area contributed by atoms with Crippen LogP contribution in [0.25, 0.3) is 68.1 Å². The van der Waals surface area contributed by atoms with Gasteiger partial charge in [0.2, 0.25) is 0 Å². The van der Waals surface area contributed by atoms with Gasteiger partial charge in [-0.3, -0.25) is 4.57 Å². The van der Waals surface area contributed by atoms with E-state index in [-0.39, 0.29) is 12.0 Å². The topological polar surface area (TPSA) is 65.7 Å². The first-order valence-corrected chi connectivity index (χ1v) is 17.3. The van der Waals surface area contributed by atoms with E-state index in [4.69, 9.17) is 24.7 Å². The summed E-state index contributed by atoms with van der Waals surface area (Å²) in [6.07, 6.45) is 7.19. The van der Waals surface area contributed by atoms with Crippen LogP contribution in [-0.4, -0.2) is 24.5 Å². The molecule has 0 saturated carbocycles. The first-order chi connectivity index (χ1) is 25.3. The summed E-state index contributed by atoms with van der Waals surface area (Å²) < 4.78 is 8.95. The van der Waals surface area contributed by atoms with Crippen LogP contribution in [0.15, 0.2) is 146 Å². The molecular weight excluding hydrogens is 627 g/mol. The number of aromatic nitrogens is 5. The molecule has 2 aliphatic carbocycles. The van der Waals surface area contributed by atoms with Gasteiger partial charge in [0.05, 0.1) is 5.69 Å². The molecule has 6 nitrogen and oxygen atoms in total. The van der Waals surface area contributed by atoms with Crippen molar-refractivity contribution in [3.8, 4) is 56.7 Å². The monoisotopic (exact) mass is 655 g/mol. The van der Waals surface area contributed by atoms with Crippen molar-refractivity contribution < 1.29 is 4.74 Å². The zero-order chi connectivity index (χ0) is 33.5. The van der Waals surface area contributed by atoms with Gasteiger partial charge in [0.15, 0.2) is 17.5 Å². The second-order valence-corrected chi connectivity index (χ2v) is 13.4. The zero-order valence-corrected chi connectivity index (χ0v) is 27.4. The highest BCUT2D eigenvalue weighted by atomic mass is 16.5. The van der Waals surface area contributed by atoms with Gasteiger partial charge in [0.1, 0.15) is 17.5 Å². The lowest BCUT2D eigenvalue weighted by Gasteiger charge is -2.22. The van der Waals surface area contributed by atoms with Gasteiger partial charge in [-0.2, -0.15) is 0 Å². The third kappa shape index (κ3) is 4.29. The minimum absolute atomic E-state index is 0.0986. The third-order valence-electron chi connectivity index (χ3n) is 10.5. The molecule has 2 atom stereocenters. The molecule has 2 unspecified atom stereocenters. The Labute approximate surface area is 294 Å². The van der Waals surface area contributed by atoms with E-state index in [1.165, 1.54) is 33.4 Å². The Balaban J connectivity index is 1.08. The second-order valence-electron chi connectivity index (χ2n) is 13.4. The molecule has 0 spiro atoms. The van der Waals surface area contributed by atoms with Crippen molar-refractivity contribution in [3.05, 3.63) is 174 Å². The molecular formula is C45H29N5O. The highest BCUT2D eigenvalue weighted by Crippen LogP contribution is 2.53. The van der Waals surface area contributed by atoms with Gasteiger partial charge in [-0.1, -0.05) is 109 Å². The van der Waals surface area contributed by atoms with Crippen LogP contribution in [0.5, 0.6) is 5.75 Å². The first kappa shape index (κ1) is 28.2. The highest BCUT2D eigenvalue weighted by molar-refractivity contribution is 5.92. The van der Waals surface area contributed by atoms with E-state index in [2.05, 4.69) is 77.4 Å². The van der Waals surface area contributed by atoms with Crippen LogP contribution in [0.4, 0.5) is 0 Å². The van der Waals surface area contributed by atoms with Crippen LogP contribution in [-0.2, 0) is 6.42 Å². The van der Waals surface area contributed by atoms with E-state index < -0.39 is 0 Å². The average Bonchev–Trinajstić information content (AvgIpc) is 3.87. The van der Waals surface area contributed by atoms with E-state index in [9.17, 15) is 0 Å². The lowest BCUT2D eigenvalue weighted by molar-refractivity contribution is 0.224. The van der Waals surface area contributed by atoms with Gasteiger partial charge >= 0.3 is 0 Å². The number of rotatable bonds is 4. The minimum Gasteiger partial charge on any atom is -0.484 e. The molecule has 0 fully saturated rings. The number of benzene rings is 5. The summed E-state index contributed by atoms with van der Waals surface area (Å²) in [5.74, 6) is 3.10. The van der Waals surface area contributed by atoms with Crippen molar-refractivity contribution in [2.24, 2.45) is 0 Å². The van der Waals surface area contributed by atoms with Crippen molar-refractivity contribution in [1.29, 1.82) is 0 Å². The Kier molecular flexibility index (Phi) is 6.04. The maximum absolute atomic E-state index is 6.65. The summed E-state index contributed by atoms with van der Waals surface area (Å²) in [6.45, 7) is 0. The van der Waals surface area contributed by atoms with Gasteiger partial charge < -0.3 is 4.74 Å². The van der Waals surface area contributed by atoms with Gasteiger partial charge in [-0.25, -0.2) is 19.9 Å². The Morgan fingerprint density at radius 2 is 1.37 bits per heavy atom. The van der Waals surface area contributed by atoms with Crippen LogP contribution in [0, 0.1) is 0 Å². The molecule has 4 heterocycles. The number of nitrogens with zero attached hydrogens (tertiary/aromatic N) is 5. The van der Waals surface area contributed by atoms with E-state index >= 15 is 0 Å². The molecule has 0 saturated heterocycles. The lowest BCUT2D eigenvalue weighted by atomic mass is 9.86. The van der Waals surface area contributed by atoms with Crippen LogP contribution >= 0.6 is 0 Å². The summed E-state index contributed by atoms with van der Waals surface area (Å²) >= 11 is 0. The molecule has 0 bridgehead atoms. The number of hydrogen-bond donors (Lipinski definition) is 0. The third-order valence-corrected chi connectivity index (χ3v) is 10.5. The van der Waals surface area contributed by atoms with Crippen molar-refractivity contribution >= 4 is 17.1 Å². The zero-order valence-electron chi connectivity index (χ0n) is 27.4.